The van der Waals surface area contributed by atoms with E-state index < -0.39 is 0 Å². The van der Waals surface area contributed by atoms with Crippen LogP contribution >= 0.6 is 31.9 Å². The van der Waals surface area contributed by atoms with Crippen LogP contribution in [-0.2, 0) is 0 Å². The van der Waals surface area contributed by atoms with E-state index in [0.717, 1.165) is 14.6 Å². The molecule has 0 aliphatic heterocycles. The lowest BCUT2D eigenvalue weighted by Crippen LogP contribution is -2.03. The van der Waals surface area contributed by atoms with Gasteiger partial charge in [0.2, 0.25) is 0 Å². The van der Waals surface area contributed by atoms with Crippen LogP contribution in [0.1, 0.15) is 0 Å². The Kier molecular flexibility index (Phi) is 4.01. The molecule has 0 saturated heterocycles. The molecule has 0 bridgehead atoms. The lowest BCUT2D eigenvalue weighted by molar-refractivity contribution is 0.512. The lowest BCUT2D eigenvalue weighted by atomic mass is 10.3. The number of halogens is 3. The van der Waals surface area contributed by atoms with E-state index in [0.29, 0.717) is 6.54 Å². The molecule has 1 aromatic rings. The predicted octanol–water partition coefficient (Wildman–Crippen LogP) is 3.59. The molecule has 0 fully saturated rings. The molecule has 1 rings (SSSR count). The number of nitrogens with one attached hydrogen (secondary N) is 1. The molecular formula is C8H8Br2FN. The molecule has 0 radical (unpaired) electrons. The van der Waals surface area contributed by atoms with E-state index in [1.807, 2.05) is 18.2 Å². The number of rotatable bonds is 3. The Hall–Kier alpha value is -0.0900. The first-order valence-electron chi connectivity index (χ1n) is 3.49. The molecule has 0 unspecified atom stereocenters. The van der Waals surface area contributed by atoms with Gasteiger partial charge in [0.05, 0.1) is 0 Å². The molecule has 0 amide bonds. The van der Waals surface area contributed by atoms with E-state index in [1.165, 1.54) is 0 Å². The minimum absolute atomic E-state index is 0.342. The van der Waals surface area contributed by atoms with Crippen LogP contribution in [0.4, 0.5) is 10.1 Å². The van der Waals surface area contributed by atoms with Crippen LogP contribution in [0.5, 0.6) is 0 Å². The quantitative estimate of drug-likeness (QED) is 0.899. The van der Waals surface area contributed by atoms with E-state index in [4.69, 9.17) is 0 Å². The molecule has 66 valence electrons. The van der Waals surface area contributed by atoms with Gasteiger partial charge < -0.3 is 5.32 Å². The smallest absolute Gasteiger partial charge is 0.107 e. The molecule has 0 saturated carbocycles. The summed E-state index contributed by atoms with van der Waals surface area (Å²) in [5.41, 5.74) is 0.905. The van der Waals surface area contributed by atoms with Crippen LogP contribution in [0.2, 0.25) is 0 Å². The van der Waals surface area contributed by atoms with E-state index >= 15 is 0 Å². The van der Waals surface area contributed by atoms with Gasteiger partial charge in [-0.3, -0.25) is 0 Å². The third-order valence-corrected chi connectivity index (χ3v) is 2.52. The van der Waals surface area contributed by atoms with E-state index in [1.54, 1.807) is 0 Å². The van der Waals surface area contributed by atoms with Gasteiger partial charge in [-0.25, -0.2) is 4.39 Å². The molecule has 0 spiro atoms. The SMILES string of the molecule is FCCNc1cc(Br)ccc1Br. The van der Waals surface area contributed by atoms with Crippen molar-refractivity contribution in [3.8, 4) is 0 Å². The van der Waals surface area contributed by atoms with Crippen molar-refractivity contribution in [3.63, 3.8) is 0 Å². The van der Waals surface area contributed by atoms with E-state index in [9.17, 15) is 4.39 Å². The van der Waals surface area contributed by atoms with Crippen molar-refractivity contribution >= 4 is 37.5 Å². The van der Waals surface area contributed by atoms with Gasteiger partial charge in [-0.1, -0.05) is 15.9 Å². The molecule has 0 heterocycles. The molecule has 0 aliphatic rings. The van der Waals surface area contributed by atoms with Crippen molar-refractivity contribution in [2.75, 3.05) is 18.5 Å². The van der Waals surface area contributed by atoms with Crippen LogP contribution in [-0.4, -0.2) is 13.2 Å². The number of alkyl halides is 1. The summed E-state index contributed by atoms with van der Waals surface area (Å²) < 4.78 is 13.7. The van der Waals surface area contributed by atoms with Gasteiger partial charge in [-0.05, 0) is 34.1 Å². The molecular weight excluding hydrogens is 289 g/mol. The summed E-state index contributed by atoms with van der Waals surface area (Å²) in [5, 5.41) is 2.95. The van der Waals surface area contributed by atoms with Gasteiger partial charge in [0.1, 0.15) is 6.67 Å². The summed E-state index contributed by atoms with van der Waals surface area (Å²) in [6, 6.07) is 5.73. The number of benzene rings is 1. The molecule has 0 aliphatic carbocycles. The second kappa shape index (κ2) is 4.82. The fraction of sp³-hybridized carbons (Fsp3) is 0.250. The zero-order valence-electron chi connectivity index (χ0n) is 6.28. The second-order valence-corrected chi connectivity index (χ2v) is 4.01. The first-order valence-corrected chi connectivity index (χ1v) is 5.07. The molecule has 1 nitrogen and oxygen atoms in total. The van der Waals surface area contributed by atoms with Crippen molar-refractivity contribution in [1.82, 2.24) is 0 Å². The van der Waals surface area contributed by atoms with Gasteiger partial charge >= 0.3 is 0 Å². The highest BCUT2D eigenvalue weighted by Crippen LogP contribution is 2.25. The normalized spacial score (nSPS) is 9.92. The first-order chi connectivity index (χ1) is 5.74. The van der Waals surface area contributed by atoms with Gasteiger partial charge in [0.15, 0.2) is 0 Å². The van der Waals surface area contributed by atoms with Crippen molar-refractivity contribution in [2.45, 2.75) is 0 Å². The van der Waals surface area contributed by atoms with E-state index in [-0.39, 0.29) is 6.67 Å². The van der Waals surface area contributed by atoms with Crippen LogP contribution in [0.25, 0.3) is 0 Å². The standard InChI is InChI=1S/C8H8Br2FN/c9-6-1-2-7(10)8(5-6)12-4-3-11/h1-2,5,12H,3-4H2. The lowest BCUT2D eigenvalue weighted by Gasteiger charge is -2.06. The Balaban J connectivity index is 2.75. The minimum Gasteiger partial charge on any atom is -0.381 e. The number of anilines is 1. The zero-order chi connectivity index (χ0) is 8.97. The average molecular weight is 297 g/mol. The topological polar surface area (TPSA) is 12.0 Å². The summed E-state index contributed by atoms with van der Waals surface area (Å²) in [7, 11) is 0. The summed E-state index contributed by atoms with van der Waals surface area (Å²) in [6.45, 7) is -0.0198. The number of hydrogen-bond acceptors (Lipinski definition) is 1. The average Bonchev–Trinajstić information content (AvgIpc) is 2.07. The van der Waals surface area contributed by atoms with Crippen LogP contribution < -0.4 is 5.32 Å². The van der Waals surface area contributed by atoms with E-state index in [2.05, 4.69) is 37.2 Å². The van der Waals surface area contributed by atoms with Crippen LogP contribution in [0.15, 0.2) is 27.1 Å². The Bertz CT molecular complexity index is 265. The maximum atomic E-state index is 11.8. The zero-order valence-corrected chi connectivity index (χ0v) is 9.45. The summed E-state index contributed by atoms with van der Waals surface area (Å²) >= 11 is 6.69. The highest BCUT2D eigenvalue weighted by molar-refractivity contribution is 9.11. The largest absolute Gasteiger partial charge is 0.381 e. The molecule has 0 aromatic heterocycles. The summed E-state index contributed by atoms with van der Waals surface area (Å²) in [4.78, 5) is 0. The minimum atomic E-state index is -0.362. The van der Waals surface area contributed by atoms with Gasteiger partial charge in [-0.2, -0.15) is 0 Å². The van der Waals surface area contributed by atoms with Crippen molar-refractivity contribution < 1.29 is 4.39 Å². The predicted molar refractivity (Wildman–Crippen MR) is 56.3 cm³/mol. The summed E-state index contributed by atoms with van der Waals surface area (Å²) in [5.74, 6) is 0. The molecule has 4 heteroatoms. The Morgan fingerprint density at radius 2 is 2.08 bits per heavy atom. The third-order valence-electron chi connectivity index (χ3n) is 1.34. The highest BCUT2D eigenvalue weighted by Gasteiger charge is 1.98. The molecule has 1 N–H and O–H groups in total. The Morgan fingerprint density at radius 3 is 2.75 bits per heavy atom. The Morgan fingerprint density at radius 1 is 1.33 bits per heavy atom. The van der Waals surface area contributed by atoms with Gasteiger partial charge in [-0.15, -0.1) is 0 Å². The van der Waals surface area contributed by atoms with Crippen molar-refractivity contribution in [3.05, 3.63) is 27.1 Å². The Labute approximate surface area is 87.6 Å². The van der Waals surface area contributed by atoms with Crippen LogP contribution in [0, 0.1) is 0 Å². The molecule has 12 heavy (non-hydrogen) atoms. The fourth-order valence-corrected chi connectivity index (χ4v) is 1.56. The van der Waals surface area contributed by atoms with Gasteiger partial charge in [0.25, 0.3) is 0 Å². The number of hydrogen-bond donors (Lipinski definition) is 1. The molecule has 1 aromatic carbocycles. The van der Waals surface area contributed by atoms with Crippen LogP contribution in [0.3, 0.4) is 0 Å². The second-order valence-electron chi connectivity index (χ2n) is 2.24. The summed E-state index contributed by atoms with van der Waals surface area (Å²) in [6.07, 6.45) is 0. The maximum absolute atomic E-state index is 11.8. The van der Waals surface area contributed by atoms with Gasteiger partial charge in [0, 0.05) is 21.2 Å². The third kappa shape index (κ3) is 2.75. The maximum Gasteiger partial charge on any atom is 0.107 e. The molecule has 0 atom stereocenters. The van der Waals surface area contributed by atoms with Crippen molar-refractivity contribution in [2.24, 2.45) is 0 Å². The first kappa shape index (κ1) is 9.99. The monoisotopic (exact) mass is 295 g/mol. The fourth-order valence-electron chi connectivity index (χ4n) is 0.815. The highest BCUT2D eigenvalue weighted by atomic mass is 79.9. The van der Waals surface area contributed by atoms with Crippen molar-refractivity contribution in [1.29, 1.82) is 0 Å².